The Morgan fingerprint density at radius 1 is 1.29 bits per heavy atom. The van der Waals surface area contributed by atoms with Crippen LogP contribution in [0.3, 0.4) is 0 Å². The van der Waals surface area contributed by atoms with E-state index in [9.17, 15) is 9.59 Å². The molecule has 0 spiro atoms. The van der Waals surface area contributed by atoms with Crippen LogP contribution in [0.1, 0.15) is 26.2 Å². The lowest BCUT2D eigenvalue weighted by Crippen LogP contribution is -2.29. The average molecular weight is 250 g/mol. The quantitative estimate of drug-likeness (QED) is 0.373. The number of aliphatic carboxylic acids is 1. The molecular formula is C10H18O7. The van der Waals surface area contributed by atoms with Crippen LogP contribution in [0.15, 0.2) is 0 Å². The van der Waals surface area contributed by atoms with Gasteiger partial charge in [0.2, 0.25) is 0 Å². The normalized spacial score (nSPS) is 14.1. The second-order valence-electron chi connectivity index (χ2n) is 3.38. The molecule has 0 aromatic heterocycles. The van der Waals surface area contributed by atoms with Gasteiger partial charge in [0, 0.05) is 0 Å². The average Bonchev–Trinajstić information content (AvgIpc) is 2.31. The highest BCUT2D eigenvalue weighted by molar-refractivity contribution is 5.76. The van der Waals surface area contributed by atoms with Crippen molar-refractivity contribution in [3.8, 4) is 0 Å². The number of ether oxygens (including phenoxy) is 2. The number of aliphatic hydroxyl groups is 2. The zero-order chi connectivity index (χ0) is 13.3. The summed E-state index contributed by atoms with van der Waals surface area (Å²) in [7, 11) is 0. The fourth-order valence-corrected chi connectivity index (χ4v) is 0.986. The van der Waals surface area contributed by atoms with Crippen molar-refractivity contribution in [1.82, 2.24) is 0 Å². The van der Waals surface area contributed by atoms with Gasteiger partial charge < -0.3 is 24.8 Å². The maximum atomic E-state index is 11.1. The maximum Gasteiger partial charge on any atom is 0.306 e. The first-order chi connectivity index (χ1) is 7.99. The van der Waals surface area contributed by atoms with Crippen LogP contribution in [-0.2, 0) is 19.1 Å². The van der Waals surface area contributed by atoms with Gasteiger partial charge >= 0.3 is 11.9 Å². The van der Waals surface area contributed by atoms with Crippen LogP contribution in [0.25, 0.3) is 0 Å². The highest BCUT2D eigenvalue weighted by Crippen LogP contribution is 2.03. The molecule has 0 bridgehead atoms. The number of carboxylic acid groups (broad SMARTS) is 1. The van der Waals surface area contributed by atoms with E-state index in [0.717, 1.165) is 0 Å². The van der Waals surface area contributed by atoms with E-state index < -0.39 is 30.9 Å². The van der Waals surface area contributed by atoms with Crippen molar-refractivity contribution in [1.29, 1.82) is 0 Å². The molecule has 17 heavy (non-hydrogen) atoms. The Kier molecular flexibility index (Phi) is 8.29. The molecule has 2 unspecified atom stereocenters. The Labute approximate surface area is 99.0 Å². The van der Waals surface area contributed by atoms with Gasteiger partial charge in [-0.2, -0.15) is 0 Å². The van der Waals surface area contributed by atoms with Gasteiger partial charge in [0.1, 0.15) is 6.61 Å². The third kappa shape index (κ3) is 8.61. The van der Waals surface area contributed by atoms with Crippen LogP contribution >= 0.6 is 0 Å². The number of carbonyl (C=O) groups excluding carboxylic acids is 1. The van der Waals surface area contributed by atoms with E-state index in [0.29, 0.717) is 6.42 Å². The first kappa shape index (κ1) is 15.8. The molecule has 7 heteroatoms. The van der Waals surface area contributed by atoms with Crippen molar-refractivity contribution in [3.63, 3.8) is 0 Å². The van der Waals surface area contributed by atoms with E-state index in [1.54, 1.807) is 6.92 Å². The lowest BCUT2D eigenvalue weighted by Gasteiger charge is -2.18. The molecule has 7 nitrogen and oxygen atoms in total. The molecule has 0 aliphatic carbocycles. The van der Waals surface area contributed by atoms with E-state index in [-0.39, 0.29) is 19.4 Å². The van der Waals surface area contributed by atoms with Crippen molar-refractivity contribution in [2.45, 2.75) is 38.6 Å². The topological polar surface area (TPSA) is 113 Å². The predicted octanol–water partition coefficient (Wildman–Crippen LogP) is -0.500. The number of esters is 1. The van der Waals surface area contributed by atoms with Gasteiger partial charge in [-0.3, -0.25) is 9.59 Å². The summed E-state index contributed by atoms with van der Waals surface area (Å²) in [5.41, 5.74) is 0. The van der Waals surface area contributed by atoms with Crippen LogP contribution in [0.2, 0.25) is 0 Å². The molecule has 0 saturated heterocycles. The van der Waals surface area contributed by atoms with Crippen molar-refractivity contribution in [3.05, 3.63) is 0 Å². The molecule has 0 saturated carbocycles. The summed E-state index contributed by atoms with van der Waals surface area (Å²) >= 11 is 0. The molecule has 0 aromatic carbocycles. The summed E-state index contributed by atoms with van der Waals surface area (Å²) in [6.45, 7) is 1.15. The molecule has 0 aromatic rings. The van der Waals surface area contributed by atoms with E-state index >= 15 is 0 Å². The van der Waals surface area contributed by atoms with Gasteiger partial charge in [0.05, 0.1) is 25.6 Å². The lowest BCUT2D eigenvalue weighted by atomic mass is 10.3. The Hall–Kier alpha value is -1.18. The molecule has 0 aliphatic heterocycles. The van der Waals surface area contributed by atoms with Crippen molar-refractivity contribution < 1.29 is 34.4 Å². The lowest BCUT2D eigenvalue weighted by molar-refractivity contribution is -0.177. The van der Waals surface area contributed by atoms with Crippen molar-refractivity contribution in [2.24, 2.45) is 0 Å². The van der Waals surface area contributed by atoms with Crippen molar-refractivity contribution >= 4 is 11.9 Å². The number of rotatable bonds is 9. The van der Waals surface area contributed by atoms with Crippen molar-refractivity contribution in [2.75, 3.05) is 13.2 Å². The second kappa shape index (κ2) is 8.91. The smallest absolute Gasteiger partial charge is 0.306 e. The van der Waals surface area contributed by atoms with Gasteiger partial charge in [-0.25, -0.2) is 0 Å². The highest BCUT2D eigenvalue weighted by atomic mass is 16.6. The zero-order valence-electron chi connectivity index (χ0n) is 9.66. The minimum absolute atomic E-state index is 0.0774. The van der Waals surface area contributed by atoms with Gasteiger partial charge in [-0.1, -0.05) is 6.92 Å². The molecule has 0 aliphatic rings. The van der Waals surface area contributed by atoms with Gasteiger partial charge in [-0.05, 0) is 6.42 Å². The monoisotopic (exact) mass is 250 g/mol. The Morgan fingerprint density at radius 3 is 2.41 bits per heavy atom. The standard InChI is InChI=1S/C10H18O7/c1-2-7(17-10(15)5-11)6-16-9(14)4-3-8(12)13/h7,10-11,15H,2-6H2,1H3,(H,12,13). The fraction of sp³-hybridized carbons (Fsp3) is 0.800. The Balaban J connectivity index is 3.81. The number of aliphatic hydroxyl groups excluding tert-OH is 2. The zero-order valence-corrected chi connectivity index (χ0v) is 9.66. The molecular weight excluding hydrogens is 232 g/mol. The van der Waals surface area contributed by atoms with Gasteiger partial charge in [0.15, 0.2) is 6.29 Å². The number of carbonyl (C=O) groups is 2. The maximum absolute atomic E-state index is 11.1. The minimum Gasteiger partial charge on any atom is -0.481 e. The number of hydrogen-bond acceptors (Lipinski definition) is 6. The molecule has 100 valence electrons. The summed E-state index contributed by atoms with van der Waals surface area (Å²) in [5.74, 6) is -1.70. The Bertz CT molecular complexity index is 241. The molecule has 3 N–H and O–H groups in total. The molecule has 0 amide bonds. The van der Waals surface area contributed by atoms with E-state index in [1.165, 1.54) is 0 Å². The second-order valence-corrected chi connectivity index (χ2v) is 3.38. The summed E-state index contributed by atoms with van der Waals surface area (Å²) < 4.78 is 9.71. The highest BCUT2D eigenvalue weighted by Gasteiger charge is 2.15. The van der Waals surface area contributed by atoms with Gasteiger partial charge in [-0.15, -0.1) is 0 Å². The SMILES string of the molecule is CCC(COC(=O)CCC(=O)O)OC(O)CO. The molecule has 0 rings (SSSR count). The van der Waals surface area contributed by atoms with Gasteiger partial charge in [0.25, 0.3) is 0 Å². The first-order valence-electron chi connectivity index (χ1n) is 5.31. The minimum atomic E-state index is -1.31. The fourth-order valence-electron chi connectivity index (χ4n) is 0.986. The summed E-state index contributed by atoms with van der Waals surface area (Å²) in [4.78, 5) is 21.3. The van der Waals surface area contributed by atoms with Crippen LogP contribution in [0.5, 0.6) is 0 Å². The van der Waals surface area contributed by atoms with Crippen LogP contribution in [-0.4, -0.2) is 52.9 Å². The number of carboxylic acids is 1. The Morgan fingerprint density at radius 2 is 1.94 bits per heavy atom. The molecule has 2 atom stereocenters. The van der Waals surface area contributed by atoms with Crippen LogP contribution in [0.4, 0.5) is 0 Å². The summed E-state index contributed by atoms with van der Waals surface area (Å²) in [5, 5.41) is 25.9. The van der Waals surface area contributed by atoms with E-state index in [2.05, 4.69) is 0 Å². The molecule has 0 radical (unpaired) electrons. The third-order valence-corrected chi connectivity index (χ3v) is 1.93. The first-order valence-corrected chi connectivity index (χ1v) is 5.31. The predicted molar refractivity (Wildman–Crippen MR) is 56.1 cm³/mol. The summed E-state index contributed by atoms with van der Waals surface area (Å²) in [6.07, 6.45) is -1.82. The summed E-state index contributed by atoms with van der Waals surface area (Å²) in [6, 6.07) is 0. The van der Waals surface area contributed by atoms with E-state index in [4.69, 9.17) is 24.8 Å². The van der Waals surface area contributed by atoms with E-state index in [1.807, 2.05) is 0 Å². The largest absolute Gasteiger partial charge is 0.481 e. The third-order valence-electron chi connectivity index (χ3n) is 1.93. The van der Waals surface area contributed by atoms with Crippen LogP contribution < -0.4 is 0 Å². The molecule has 0 heterocycles. The number of hydrogen-bond donors (Lipinski definition) is 3. The van der Waals surface area contributed by atoms with Crippen LogP contribution in [0, 0.1) is 0 Å². The molecule has 0 fully saturated rings.